The number of hydrogen-bond donors (Lipinski definition) is 4. The number of sulfonamides is 1. The van der Waals surface area contributed by atoms with Gasteiger partial charge in [-0.15, -0.1) is 18.9 Å². The van der Waals surface area contributed by atoms with Crippen LogP contribution < -0.4 is 21.3 Å². The molecule has 280 valence electrons. The second-order valence-electron chi connectivity index (χ2n) is 16.2. The Hall–Kier alpha value is -3.96. The lowest BCUT2D eigenvalue weighted by Crippen LogP contribution is -2.62. The van der Waals surface area contributed by atoms with Crippen LogP contribution >= 0.6 is 0 Å². The quantitative estimate of drug-likeness (QED) is 0.128. The van der Waals surface area contributed by atoms with Crippen LogP contribution in [0.4, 0.5) is 4.79 Å². The third kappa shape index (κ3) is 8.92. The molecule has 0 aromatic heterocycles. The van der Waals surface area contributed by atoms with Gasteiger partial charge in [0.1, 0.15) is 12.1 Å². The summed E-state index contributed by atoms with van der Waals surface area (Å²) < 4.78 is 27.8. The average Bonchev–Trinajstić information content (AvgIpc) is 3.82. The predicted molar refractivity (Wildman–Crippen MR) is 194 cm³/mol. The first-order chi connectivity index (χ1) is 23.8. The monoisotopic (exact) mass is 726 g/mol. The number of rotatable bonds is 13. The summed E-state index contributed by atoms with van der Waals surface area (Å²) in [5.41, 5.74) is -0.487. The van der Waals surface area contributed by atoms with Crippen molar-refractivity contribution >= 4 is 39.6 Å². The first-order valence-corrected chi connectivity index (χ1v) is 19.2. The molecule has 1 saturated heterocycles. The van der Waals surface area contributed by atoms with Crippen LogP contribution in [0.3, 0.4) is 0 Å². The van der Waals surface area contributed by atoms with Crippen LogP contribution in [-0.4, -0.2) is 97.5 Å². The smallest absolute Gasteiger partial charge is 0.315 e. The molecule has 1 saturated carbocycles. The number of urea groups is 1. The van der Waals surface area contributed by atoms with E-state index >= 15 is 0 Å². The van der Waals surface area contributed by atoms with Crippen LogP contribution in [0.2, 0.25) is 0 Å². The van der Waals surface area contributed by atoms with Crippen LogP contribution in [-0.2, 0) is 29.2 Å². The molecule has 1 unspecified atom stereocenters. The maximum absolute atomic E-state index is 14.5. The minimum absolute atomic E-state index is 0.0484. The van der Waals surface area contributed by atoms with Gasteiger partial charge >= 0.3 is 6.03 Å². The Balaban J connectivity index is 1.53. The number of carbonyl (C=O) groups is 5. The highest BCUT2D eigenvalue weighted by atomic mass is 32.2. The Labute approximate surface area is 302 Å². The molecule has 4 N–H and O–H groups in total. The molecule has 0 radical (unpaired) electrons. The minimum Gasteiger partial charge on any atom is -0.346 e. The third-order valence-electron chi connectivity index (χ3n) is 10.4. The van der Waals surface area contributed by atoms with Gasteiger partial charge in [0.25, 0.3) is 5.91 Å². The zero-order valence-electron chi connectivity index (χ0n) is 30.7. The molecule has 14 heteroatoms. The summed E-state index contributed by atoms with van der Waals surface area (Å²) in [5, 5.41) is 11.0. The summed E-state index contributed by atoms with van der Waals surface area (Å²) in [4.78, 5) is 69.7. The van der Waals surface area contributed by atoms with Crippen molar-refractivity contribution in [1.82, 2.24) is 30.5 Å². The lowest BCUT2D eigenvalue weighted by atomic mass is 9.85. The maximum atomic E-state index is 14.5. The number of fused-ring (bicyclic) bond motifs is 1. The van der Waals surface area contributed by atoms with Gasteiger partial charge in [-0.05, 0) is 60.0 Å². The van der Waals surface area contributed by atoms with E-state index in [-0.39, 0.29) is 44.3 Å². The molecule has 6 atom stereocenters. The van der Waals surface area contributed by atoms with E-state index in [0.717, 1.165) is 18.4 Å². The average molecular weight is 727 g/mol. The summed E-state index contributed by atoms with van der Waals surface area (Å²) in [6, 6.07) is -4.38. The molecular weight excluding hydrogens is 673 g/mol. The summed E-state index contributed by atoms with van der Waals surface area (Å²) in [6.45, 7) is 15.4. The number of likely N-dealkylation sites (tertiary alicyclic amines) is 1. The van der Waals surface area contributed by atoms with Crippen molar-refractivity contribution in [2.24, 2.45) is 22.7 Å². The molecular formula is C37H54N6O7S. The van der Waals surface area contributed by atoms with Gasteiger partial charge in [-0.2, -0.15) is 4.31 Å². The number of hydrogen-bond acceptors (Lipinski definition) is 7. The van der Waals surface area contributed by atoms with Crippen LogP contribution in [0, 0.1) is 35.0 Å². The number of terminal acetylenes is 1. The van der Waals surface area contributed by atoms with Crippen molar-refractivity contribution in [2.45, 2.75) is 104 Å². The predicted octanol–water partition coefficient (Wildman–Crippen LogP) is 2.37. The van der Waals surface area contributed by atoms with Crippen molar-refractivity contribution in [3.8, 4) is 12.3 Å². The maximum Gasteiger partial charge on any atom is 0.315 e. The van der Waals surface area contributed by atoms with Crippen molar-refractivity contribution in [2.75, 3.05) is 26.2 Å². The first kappa shape index (κ1) is 39.8. The van der Waals surface area contributed by atoms with Gasteiger partial charge in [-0.1, -0.05) is 60.1 Å². The Morgan fingerprint density at radius 1 is 1.06 bits per heavy atom. The summed E-state index contributed by atoms with van der Waals surface area (Å²) >= 11 is 0. The van der Waals surface area contributed by atoms with Crippen LogP contribution in [0.15, 0.2) is 35.3 Å². The van der Waals surface area contributed by atoms with Crippen LogP contribution in [0.25, 0.3) is 0 Å². The largest absolute Gasteiger partial charge is 0.346 e. The molecule has 51 heavy (non-hydrogen) atoms. The fourth-order valence-electron chi connectivity index (χ4n) is 7.45. The molecule has 0 bridgehead atoms. The van der Waals surface area contributed by atoms with E-state index in [2.05, 4.69) is 33.8 Å². The van der Waals surface area contributed by atoms with E-state index in [1.807, 2.05) is 47.6 Å². The topological polar surface area (TPSA) is 174 Å². The molecule has 2 heterocycles. The van der Waals surface area contributed by atoms with Gasteiger partial charge in [0.05, 0.1) is 10.9 Å². The van der Waals surface area contributed by atoms with Crippen molar-refractivity contribution in [1.29, 1.82) is 0 Å². The van der Waals surface area contributed by atoms with Crippen molar-refractivity contribution in [3.05, 3.63) is 35.3 Å². The lowest BCUT2D eigenvalue weighted by molar-refractivity contribution is -0.144. The molecule has 0 aromatic rings. The highest BCUT2D eigenvalue weighted by Gasteiger charge is 2.52. The van der Waals surface area contributed by atoms with Gasteiger partial charge in [0, 0.05) is 38.6 Å². The molecule has 2 fully saturated rings. The number of amides is 5. The third-order valence-corrected chi connectivity index (χ3v) is 12.3. The number of allylic oxidation sites excluding steroid dienone is 2. The SMILES string of the molecule is C#CCCC(NC(=O)[C@@H]1[C@H]2CCC[C@H]2CN1C(=O)[C@@H](NC(=O)N[C@H](CN1CC2=C(C=CC2)S1(=O)=O)C(C)(C)C)C(C)(C)C)C(=O)C(=O)NCC=C. The highest BCUT2D eigenvalue weighted by Crippen LogP contribution is 2.43. The minimum atomic E-state index is -3.68. The van der Waals surface area contributed by atoms with Gasteiger partial charge in [-0.25, -0.2) is 13.2 Å². The molecule has 0 spiro atoms. The van der Waals surface area contributed by atoms with Crippen LogP contribution in [0.5, 0.6) is 0 Å². The summed E-state index contributed by atoms with van der Waals surface area (Å²) in [7, 11) is -3.68. The Bertz CT molecular complexity index is 1630. The number of nitrogens with zero attached hydrogens (tertiary/aromatic N) is 2. The summed E-state index contributed by atoms with van der Waals surface area (Å²) in [5.74, 6) is -0.333. The Morgan fingerprint density at radius 2 is 1.76 bits per heavy atom. The van der Waals surface area contributed by atoms with Gasteiger partial charge < -0.3 is 26.2 Å². The molecule has 2 aliphatic heterocycles. The molecule has 4 rings (SSSR count). The first-order valence-electron chi connectivity index (χ1n) is 17.7. The zero-order valence-corrected chi connectivity index (χ0v) is 31.5. The van der Waals surface area contributed by atoms with E-state index in [1.165, 1.54) is 15.3 Å². The molecule has 0 aromatic carbocycles. The molecule has 5 amide bonds. The Kier molecular flexibility index (Phi) is 12.3. The second-order valence-corrected chi connectivity index (χ2v) is 18.1. The van der Waals surface area contributed by atoms with Gasteiger partial charge in [0.15, 0.2) is 0 Å². The molecule has 4 aliphatic rings. The molecule has 2 aliphatic carbocycles. The molecule has 13 nitrogen and oxygen atoms in total. The number of nitrogens with one attached hydrogen (secondary N) is 4. The zero-order chi connectivity index (χ0) is 37.9. The summed E-state index contributed by atoms with van der Waals surface area (Å²) in [6.07, 6.45) is 13.6. The standard InChI is InChI=1S/C37H54N6O7S/c1-9-11-17-26(30(44)33(46)38-19-10-2)39-32(45)29-25-16-12-14-23(25)21-43(29)34(47)31(37(6,7)8)41-35(48)40-28(36(3,4)5)22-42-20-24-15-13-18-27(24)51(42,49)50/h1,10,13,18,23,25-26,28-29,31H,2,11-12,14-17,19-22H2,3-8H3,(H,38,46)(H,39,45)(H2,40,41,48)/t23-,25-,26?,28+,29-,31+/m0/s1. The van der Waals surface area contributed by atoms with Crippen molar-refractivity contribution in [3.63, 3.8) is 0 Å². The van der Waals surface area contributed by atoms with Gasteiger partial charge in [0.2, 0.25) is 27.6 Å². The van der Waals surface area contributed by atoms with Gasteiger partial charge in [-0.3, -0.25) is 19.2 Å². The number of Topliss-reactive ketones (excluding diaryl/α,β-unsaturated/α-hetero) is 1. The van der Waals surface area contributed by atoms with Crippen LogP contribution in [0.1, 0.15) is 80.1 Å². The van der Waals surface area contributed by atoms with Crippen molar-refractivity contribution < 1.29 is 32.4 Å². The Morgan fingerprint density at radius 3 is 2.37 bits per heavy atom. The fourth-order valence-corrected chi connectivity index (χ4v) is 9.18. The number of carbonyl (C=O) groups excluding carboxylic acids is 5. The van der Waals surface area contributed by atoms with E-state index in [0.29, 0.717) is 24.3 Å². The van der Waals surface area contributed by atoms with E-state index in [4.69, 9.17) is 6.42 Å². The van der Waals surface area contributed by atoms with E-state index < -0.39 is 74.6 Å². The van der Waals surface area contributed by atoms with E-state index in [9.17, 15) is 32.4 Å². The second kappa shape index (κ2) is 15.7. The lowest BCUT2D eigenvalue weighted by Gasteiger charge is -2.38. The number of ketones is 1. The normalized spacial score (nSPS) is 24.2. The fraction of sp³-hybridized carbons (Fsp3) is 0.649. The van der Waals surface area contributed by atoms with E-state index in [1.54, 1.807) is 6.08 Å². The highest BCUT2D eigenvalue weighted by molar-refractivity contribution is 7.93.